The lowest BCUT2D eigenvalue weighted by Crippen LogP contribution is -2.39. The second-order valence-corrected chi connectivity index (χ2v) is 7.90. The first-order chi connectivity index (χ1) is 12.6. The summed E-state index contributed by atoms with van der Waals surface area (Å²) < 4.78 is 5.96. The van der Waals surface area contributed by atoms with E-state index in [2.05, 4.69) is 29.3 Å². The molecule has 144 valence electrons. The summed E-state index contributed by atoms with van der Waals surface area (Å²) in [4.78, 5) is 14.4. The van der Waals surface area contributed by atoms with E-state index in [0.29, 0.717) is 37.6 Å². The molecule has 4 atom stereocenters. The van der Waals surface area contributed by atoms with Crippen LogP contribution >= 0.6 is 0 Å². The zero-order chi connectivity index (χ0) is 18.4. The van der Waals surface area contributed by atoms with Gasteiger partial charge in [-0.15, -0.1) is 0 Å². The number of likely N-dealkylation sites (tertiary alicyclic amines) is 1. The van der Waals surface area contributed by atoms with Gasteiger partial charge in [0.1, 0.15) is 0 Å². The molecule has 1 amide bonds. The van der Waals surface area contributed by atoms with Crippen LogP contribution in [0.5, 0.6) is 0 Å². The first-order valence-corrected chi connectivity index (χ1v) is 10.0. The molecule has 0 spiro atoms. The number of hydrogen-bond donors (Lipinski definition) is 2. The van der Waals surface area contributed by atoms with E-state index in [4.69, 9.17) is 10.5 Å². The number of nitrogens with one attached hydrogen (secondary N) is 1. The highest BCUT2D eigenvalue weighted by molar-refractivity contribution is 5.78. The Morgan fingerprint density at radius 3 is 2.77 bits per heavy atom. The van der Waals surface area contributed by atoms with E-state index in [1.165, 1.54) is 24.8 Å². The number of rotatable bonds is 7. The van der Waals surface area contributed by atoms with Crippen molar-refractivity contribution in [2.75, 3.05) is 32.8 Å². The molecule has 5 heteroatoms. The molecule has 1 aliphatic heterocycles. The Bertz CT molecular complexity index is 566. The molecule has 0 radical (unpaired) electrons. The van der Waals surface area contributed by atoms with Crippen molar-refractivity contribution in [2.45, 2.75) is 50.7 Å². The summed E-state index contributed by atoms with van der Waals surface area (Å²) in [5, 5.41) is 2.99. The minimum absolute atomic E-state index is 0.0613. The van der Waals surface area contributed by atoms with Crippen molar-refractivity contribution in [1.82, 2.24) is 10.2 Å². The van der Waals surface area contributed by atoms with E-state index >= 15 is 0 Å². The molecular weight excluding hydrogens is 326 g/mol. The van der Waals surface area contributed by atoms with Crippen LogP contribution in [0, 0.1) is 5.92 Å². The molecule has 0 bridgehead atoms. The van der Waals surface area contributed by atoms with E-state index in [9.17, 15) is 4.79 Å². The SMILES string of the molecule is CC1CCCCC1OCCNC(=O)CN1C[C@@H](N)[C@H](c2ccccc2)C1. The van der Waals surface area contributed by atoms with Gasteiger partial charge < -0.3 is 15.8 Å². The zero-order valence-electron chi connectivity index (χ0n) is 15.9. The normalized spacial score (nSPS) is 29.6. The number of hydrogen-bond acceptors (Lipinski definition) is 4. The fourth-order valence-corrected chi connectivity index (χ4v) is 4.29. The number of carbonyl (C=O) groups is 1. The van der Waals surface area contributed by atoms with Gasteiger partial charge in [0, 0.05) is 31.6 Å². The lowest BCUT2D eigenvalue weighted by atomic mass is 9.88. The minimum Gasteiger partial charge on any atom is -0.376 e. The van der Waals surface area contributed by atoms with Crippen LogP contribution in [0.25, 0.3) is 0 Å². The van der Waals surface area contributed by atoms with E-state index in [-0.39, 0.29) is 11.9 Å². The molecule has 1 heterocycles. The Hall–Kier alpha value is -1.43. The lowest BCUT2D eigenvalue weighted by molar-refractivity contribution is -0.122. The maximum absolute atomic E-state index is 12.2. The molecule has 1 saturated carbocycles. The quantitative estimate of drug-likeness (QED) is 0.732. The van der Waals surface area contributed by atoms with Gasteiger partial charge in [-0.1, -0.05) is 50.1 Å². The van der Waals surface area contributed by atoms with E-state index < -0.39 is 0 Å². The molecule has 0 aromatic heterocycles. The van der Waals surface area contributed by atoms with Crippen LogP contribution < -0.4 is 11.1 Å². The third-order valence-electron chi connectivity index (χ3n) is 5.82. The molecule has 1 saturated heterocycles. The summed E-state index contributed by atoms with van der Waals surface area (Å²) in [6, 6.07) is 10.4. The van der Waals surface area contributed by atoms with Gasteiger partial charge in [0.25, 0.3) is 0 Å². The number of benzene rings is 1. The molecular formula is C21H33N3O2. The smallest absolute Gasteiger partial charge is 0.234 e. The maximum Gasteiger partial charge on any atom is 0.234 e. The van der Waals surface area contributed by atoms with Crippen molar-refractivity contribution in [3.05, 3.63) is 35.9 Å². The van der Waals surface area contributed by atoms with Crippen LogP contribution in [0.3, 0.4) is 0 Å². The van der Waals surface area contributed by atoms with Crippen molar-refractivity contribution < 1.29 is 9.53 Å². The van der Waals surface area contributed by atoms with Crippen LogP contribution in [0.4, 0.5) is 0 Å². The number of carbonyl (C=O) groups excluding carboxylic acids is 1. The van der Waals surface area contributed by atoms with Crippen LogP contribution in [0.2, 0.25) is 0 Å². The summed E-state index contributed by atoms with van der Waals surface area (Å²) in [5.74, 6) is 1.01. The predicted molar refractivity (Wildman–Crippen MR) is 104 cm³/mol. The Morgan fingerprint density at radius 2 is 2.00 bits per heavy atom. The van der Waals surface area contributed by atoms with Crippen molar-refractivity contribution in [3.63, 3.8) is 0 Å². The topological polar surface area (TPSA) is 67.6 Å². The Morgan fingerprint density at radius 1 is 1.23 bits per heavy atom. The second kappa shape index (κ2) is 9.49. The summed E-state index contributed by atoms with van der Waals surface area (Å²) in [7, 11) is 0. The van der Waals surface area contributed by atoms with Crippen LogP contribution in [0.15, 0.2) is 30.3 Å². The largest absolute Gasteiger partial charge is 0.376 e. The summed E-state index contributed by atoms with van der Waals surface area (Å²) in [5.41, 5.74) is 7.56. The average Bonchev–Trinajstić information content (AvgIpc) is 3.01. The molecule has 3 N–H and O–H groups in total. The molecule has 1 aliphatic carbocycles. The van der Waals surface area contributed by atoms with Crippen molar-refractivity contribution in [1.29, 1.82) is 0 Å². The Balaban J connectivity index is 1.35. The van der Waals surface area contributed by atoms with Gasteiger partial charge in [0.2, 0.25) is 5.91 Å². The summed E-state index contributed by atoms with van der Waals surface area (Å²) in [6.07, 6.45) is 5.36. The van der Waals surface area contributed by atoms with Crippen LogP contribution in [0.1, 0.15) is 44.1 Å². The second-order valence-electron chi connectivity index (χ2n) is 7.90. The van der Waals surface area contributed by atoms with E-state index in [1.54, 1.807) is 0 Å². The highest BCUT2D eigenvalue weighted by Crippen LogP contribution is 2.26. The molecule has 2 fully saturated rings. The Labute approximate surface area is 157 Å². The van der Waals surface area contributed by atoms with Crippen molar-refractivity contribution in [2.24, 2.45) is 11.7 Å². The molecule has 2 aliphatic rings. The number of nitrogens with zero attached hydrogens (tertiary/aromatic N) is 1. The average molecular weight is 360 g/mol. The van der Waals surface area contributed by atoms with Gasteiger partial charge in [-0.25, -0.2) is 0 Å². The van der Waals surface area contributed by atoms with Crippen LogP contribution in [-0.2, 0) is 9.53 Å². The highest BCUT2D eigenvalue weighted by Gasteiger charge is 2.31. The zero-order valence-corrected chi connectivity index (χ0v) is 15.9. The Kier molecular flexibility index (Phi) is 7.06. The van der Waals surface area contributed by atoms with E-state index in [1.807, 2.05) is 18.2 Å². The van der Waals surface area contributed by atoms with Crippen LogP contribution in [-0.4, -0.2) is 55.7 Å². The standard InChI is InChI=1S/C21H33N3O2/c1-16-7-5-6-10-20(16)26-12-11-23-21(25)15-24-13-18(19(22)14-24)17-8-3-2-4-9-17/h2-4,8-9,16,18-20H,5-7,10-15,22H2,1H3,(H,23,25)/t16?,18-,19+,20?/m0/s1. The monoisotopic (exact) mass is 359 g/mol. The maximum atomic E-state index is 12.2. The van der Waals surface area contributed by atoms with Crippen molar-refractivity contribution >= 4 is 5.91 Å². The lowest BCUT2D eigenvalue weighted by Gasteiger charge is -2.28. The molecule has 1 aromatic rings. The third kappa shape index (κ3) is 5.29. The summed E-state index contributed by atoms with van der Waals surface area (Å²) in [6.45, 7) is 5.48. The van der Waals surface area contributed by atoms with Crippen molar-refractivity contribution in [3.8, 4) is 0 Å². The molecule has 26 heavy (non-hydrogen) atoms. The molecule has 1 aromatic carbocycles. The number of ether oxygens (including phenoxy) is 1. The fourth-order valence-electron chi connectivity index (χ4n) is 4.29. The van der Waals surface area contributed by atoms with Gasteiger partial charge in [0.15, 0.2) is 0 Å². The molecule has 2 unspecified atom stereocenters. The highest BCUT2D eigenvalue weighted by atomic mass is 16.5. The minimum atomic E-state index is 0.0613. The molecule has 5 nitrogen and oxygen atoms in total. The first kappa shape index (κ1) is 19.3. The number of amides is 1. The van der Waals surface area contributed by atoms with Gasteiger partial charge in [-0.05, 0) is 24.3 Å². The van der Waals surface area contributed by atoms with Gasteiger partial charge >= 0.3 is 0 Å². The first-order valence-electron chi connectivity index (χ1n) is 10.0. The fraction of sp³-hybridized carbons (Fsp3) is 0.667. The van der Waals surface area contributed by atoms with Gasteiger partial charge in [-0.3, -0.25) is 9.69 Å². The van der Waals surface area contributed by atoms with Gasteiger partial charge in [0.05, 0.1) is 19.3 Å². The number of nitrogens with two attached hydrogens (primary N) is 1. The van der Waals surface area contributed by atoms with Gasteiger partial charge in [-0.2, -0.15) is 0 Å². The summed E-state index contributed by atoms with van der Waals surface area (Å²) >= 11 is 0. The third-order valence-corrected chi connectivity index (χ3v) is 5.82. The molecule has 3 rings (SSSR count). The predicted octanol–water partition coefficient (Wildman–Crippen LogP) is 2.12. The van der Waals surface area contributed by atoms with E-state index in [0.717, 1.165) is 19.5 Å².